The molecule has 3 nitrogen and oxygen atoms in total. The molecule has 0 fully saturated rings. The van der Waals surface area contributed by atoms with Gasteiger partial charge in [-0.15, -0.1) is 0 Å². The second-order valence-electron chi connectivity index (χ2n) is 6.15. The number of rotatable bonds is 7. The SMILES string of the molecule is Cc1cccc(C(C)C)c1NC(=O)CNCCc1ccccc1. The van der Waals surface area contributed by atoms with E-state index in [1.807, 2.05) is 37.3 Å². The number of carbonyl (C=O) groups excluding carboxylic acids is 1. The molecule has 0 radical (unpaired) electrons. The summed E-state index contributed by atoms with van der Waals surface area (Å²) in [7, 11) is 0. The highest BCUT2D eigenvalue weighted by Gasteiger charge is 2.11. The highest BCUT2D eigenvalue weighted by Crippen LogP contribution is 2.27. The predicted molar refractivity (Wildman–Crippen MR) is 96.9 cm³/mol. The number of nitrogens with one attached hydrogen (secondary N) is 2. The van der Waals surface area contributed by atoms with Crippen LogP contribution in [0.15, 0.2) is 48.5 Å². The Morgan fingerprint density at radius 2 is 1.78 bits per heavy atom. The summed E-state index contributed by atoms with van der Waals surface area (Å²) in [5.41, 5.74) is 4.52. The summed E-state index contributed by atoms with van der Waals surface area (Å²) in [6, 6.07) is 16.4. The molecule has 1 amide bonds. The van der Waals surface area contributed by atoms with Gasteiger partial charge in [-0.2, -0.15) is 0 Å². The van der Waals surface area contributed by atoms with Gasteiger partial charge >= 0.3 is 0 Å². The van der Waals surface area contributed by atoms with Gasteiger partial charge < -0.3 is 10.6 Å². The van der Waals surface area contributed by atoms with E-state index >= 15 is 0 Å². The summed E-state index contributed by atoms with van der Waals surface area (Å²) >= 11 is 0. The topological polar surface area (TPSA) is 41.1 Å². The van der Waals surface area contributed by atoms with Crippen molar-refractivity contribution in [1.82, 2.24) is 5.32 Å². The van der Waals surface area contributed by atoms with Crippen LogP contribution in [-0.4, -0.2) is 19.0 Å². The van der Waals surface area contributed by atoms with E-state index in [9.17, 15) is 4.79 Å². The van der Waals surface area contributed by atoms with Gasteiger partial charge in [-0.05, 0) is 42.5 Å². The van der Waals surface area contributed by atoms with Crippen molar-refractivity contribution < 1.29 is 4.79 Å². The summed E-state index contributed by atoms with van der Waals surface area (Å²) in [5, 5.41) is 6.27. The second kappa shape index (κ2) is 8.49. The van der Waals surface area contributed by atoms with Gasteiger partial charge in [-0.1, -0.05) is 62.4 Å². The minimum atomic E-state index is 0.00858. The van der Waals surface area contributed by atoms with E-state index in [0.29, 0.717) is 12.5 Å². The Labute approximate surface area is 139 Å². The quantitative estimate of drug-likeness (QED) is 0.762. The van der Waals surface area contributed by atoms with Crippen molar-refractivity contribution in [2.45, 2.75) is 33.1 Å². The summed E-state index contributed by atoms with van der Waals surface area (Å²) in [5.74, 6) is 0.394. The van der Waals surface area contributed by atoms with Crippen molar-refractivity contribution in [1.29, 1.82) is 0 Å². The van der Waals surface area contributed by atoms with Gasteiger partial charge in [0.1, 0.15) is 0 Å². The van der Waals surface area contributed by atoms with Crippen LogP contribution >= 0.6 is 0 Å². The fourth-order valence-corrected chi connectivity index (χ4v) is 2.61. The highest BCUT2D eigenvalue weighted by molar-refractivity contribution is 5.93. The van der Waals surface area contributed by atoms with Crippen molar-refractivity contribution >= 4 is 11.6 Å². The van der Waals surface area contributed by atoms with Crippen LogP contribution in [0.2, 0.25) is 0 Å². The van der Waals surface area contributed by atoms with E-state index in [2.05, 4.69) is 42.7 Å². The Bertz CT molecular complexity index is 635. The number of hydrogen-bond acceptors (Lipinski definition) is 2. The first-order chi connectivity index (χ1) is 11.1. The summed E-state index contributed by atoms with van der Waals surface area (Å²) in [6.07, 6.45) is 0.926. The van der Waals surface area contributed by atoms with Crippen molar-refractivity contribution in [3.8, 4) is 0 Å². The van der Waals surface area contributed by atoms with Gasteiger partial charge in [0.05, 0.1) is 6.54 Å². The van der Waals surface area contributed by atoms with Crippen LogP contribution in [0, 0.1) is 6.92 Å². The van der Waals surface area contributed by atoms with Crippen LogP contribution < -0.4 is 10.6 Å². The Morgan fingerprint density at radius 3 is 2.48 bits per heavy atom. The molecule has 0 heterocycles. The van der Waals surface area contributed by atoms with Crippen LogP contribution in [0.5, 0.6) is 0 Å². The molecule has 3 heteroatoms. The van der Waals surface area contributed by atoms with Crippen LogP contribution in [0.3, 0.4) is 0 Å². The molecule has 0 saturated heterocycles. The predicted octanol–water partition coefficient (Wildman–Crippen LogP) is 3.89. The van der Waals surface area contributed by atoms with E-state index in [1.54, 1.807) is 0 Å². The molecule has 23 heavy (non-hydrogen) atoms. The molecule has 2 aromatic carbocycles. The number of para-hydroxylation sites is 1. The van der Waals surface area contributed by atoms with Crippen molar-refractivity contribution in [2.75, 3.05) is 18.4 Å². The molecular weight excluding hydrogens is 284 g/mol. The minimum Gasteiger partial charge on any atom is -0.324 e. The van der Waals surface area contributed by atoms with Crippen LogP contribution in [0.25, 0.3) is 0 Å². The zero-order chi connectivity index (χ0) is 16.7. The maximum Gasteiger partial charge on any atom is 0.238 e. The molecule has 0 atom stereocenters. The first-order valence-corrected chi connectivity index (χ1v) is 8.22. The second-order valence-corrected chi connectivity index (χ2v) is 6.15. The average Bonchev–Trinajstić information content (AvgIpc) is 2.54. The van der Waals surface area contributed by atoms with E-state index < -0.39 is 0 Å². The third-order valence-electron chi connectivity index (χ3n) is 3.91. The number of hydrogen-bond donors (Lipinski definition) is 2. The molecule has 0 aliphatic heterocycles. The third kappa shape index (κ3) is 5.22. The Kier molecular flexibility index (Phi) is 6.36. The monoisotopic (exact) mass is 310 g/mol. The van der Waals surface area contributed by atoms with Crippen molar-refractivity contribution in [3.05, 3.63) is 65.2 Å². The number of benzene rings is 2. The Morgan fingerprint density at radius 1 is 1.04 bits per heavy atom. The molecule has 2 aromatic rings. The third-order valence-corrected chi connectivity index (χ3v) is 3.91. The zero-order valence-electron chi connectivity index (χ0n) is 14.2. The van der Waals surface area contributed by atoms with Gasteiger partial charge in [-0.25, -0.2) is 0 Å². The maximum atomic E-state index is 12.2. The fourth-order valence-electron chi connectivity index (χ4n) is 2.61. The first kappa shape index (κ1) is 17.2. The lowest BCUT2D eigenvalue weighted by Gasteiger charge is -2.16. The molecule has 0 spiro atoms. The normalized spacial score (nSPS) is 10.8. The number of anilines is 1. The van der Waals surface area contributed by atoms with E-state index in [4.69, 9.17) is 0 Å². The molecule has 122 valence electrons. The summed E-state index contributed by atoms with van der Waals surface area (Å²) in [6.45, 7) is 7.44. The molecule has 0 bridgehead atoms. The lowest BCUT2D eigenvalue weighted by Crippen LogP contribution is -2.30. The van der Waals surface area contributed by atoms with Crippen LogP contribution in [-0.2, 0) is 11.2 Å². The standard InChI is InChI=1S/C20H26N2O/c1-15(2)18-11-7-8-16(3)20(18)22-19(23)14-21-13-12-17-9-5-4-6-10-17/h4-11,15,21H,12-14H2,1-3H3,(H,22,23). The van der Waals surface area contributed by atoms with E-state index in [0.717, 1.165) is 24.2 Å². The largest absolute Gasteiger partial charge is 0.324 e. The molecule has 0 aliphatic rings. The van der Waals surface area contributed by atoms with Crippen molar-refractivity contribution in [3.63, 3.8) is 0 Å². The first-order valence-electron chi connectivity index (χ1n) is 8.22. The smallest absolute Gasteiger partial charge is 0.238 e. The average molecular weight is 310 g/mol. The minimum absolute atomic E-state index is 0.00858. The molecule has 2 N–H and O–H groups in total. The zero-order valence-corrected chi connectivity index (χ0v) is 14.2. The number of carbonyl (C=O) groups is 1. The van der Waals surface area contributed by atoms with Gasteiger partial charge in [0.25, 0.3) is 0 Å². The van der Waals surface area contributed by atoms with Gasteiger partial charge in [-0.3, -0.25) is 4.79 Å². The van der Waals surface area contributed by atoms with Crippen LogP contribution in [0.1, 0.15) is 36.5 Å². The number of aryl methyl sites for hydroxylation is 1. The Hall–Kier alpha value is -2.13. The van der Waals surface area contributed by atoms with Crippen LogP contribution in [0.4, 0.5) is 5.69 Å². The van der Waals surface area contributed by atoms with E-state index in [1.165, 1.54) is 11.1 Å². The lowest BCUT2D eigenvalue weighted by atomic mass is 9.98. The molecule has 0 saturated carbocycles. The van der Waals surface area contributed by atoms with Gasteiger partial charge in [0.15, 0.2) is 0 Å². The summed E-state index contributed by atoms with van der Waals surface area (Å²) < 4.78 is 0. The van der Waals surface area contributed by atoms with Gasteiger partial charge in [0, 0.05) is 5.69 Å². The molecule has 2 rings (SSSR count). The molecule has 0 aromatic heterocycles. The lowest BCUT2D eigenvalue weighted by molar-refractivity contribution is -0.115. The Balaban J connectivity index is 1.83. The van der Waals surface area contributed by atoms with Gasteiger partial charge in [0.2, 0.25) is 5.91 Å². The molecular formula is C20H26N2O. The molecule has 0 unspecified atom stereocenters. The highest BCUT2D eigenvalue weighted by atomic mass is 16.1. The van der Waals surface area contributed by atoms with E-state index in [-0.39, 0.29) is 5.91 Å². The van der Waals surface area contributed by atoms with Crippen molar-refractivity contribution in [2.24, 2.45) is 0 Å². The maximum absolute atomic E-state index is 12.2. The fraction of sp³-hybridized carbons (Fsp3) is 0.350. The molecule has 0 aliphatic carbocycles. The summed E-state index contributed by atoms with van der Waals surface area (Å²) in [4.78, 5) is 12.2. The number of amides is 1.